The summed E-state index contributed by atoms with van der Waals surface area (Å²) >= 11 is 3.51. The lowest BCUT2D eigenvalue weighted by Crippen LogP contribution is -2.19. The SMILES string of the molecule is CCCNc1cc(N(C)Cc2cccc(Br)c2)nc(C)n1. The van der Waals surface area contributed by atoms with Crippen LogP contribution in [-0.4, -0.2) is 23.6 Å². The molecule has 21 heavy (non-hydrogen) atoms. The Bertz CT molecular complexity index is 601. The summed E-state index contributed by atoms with van der Waals surface area (Å²) in [6.45, 7) is 5.79. The molecule has 0 aliphatic rings. The minimum Gasteiger partial charge on any atom is -0.370 e. The van der Waals surface area contributed by atoms with Crippen molar-refractivity contribution in [1.29, 1.82) is 0 Å². The molecule has 2 rings (SSSR count). The number of hydrogen-bond acceptors (Lipinski definition) is 4. The highest BCUT2D eigenvalue weighted by Gasteiger charge is 2.07. The van der Waals surface area contributed by atoms with E-state index in [9.17, 15) is 0 Å². The van der Waals surface area contributed by atoms with E-state index in [1.54, 1.807) is 0 Å². The first kappa shape index (κ1) is 15.8. The molecule has 0 atom stereocenters. The van der Waals surface area contributed by atoms with Gasteiger partial charge in [0.05, 0.1) is 0 Å². The van der Waals surface area contributed by atoms with Gasteiger partial charge < -0.3 is 10.2 Å². The third kappa shape index (κ3) is 4.70. The number of hydrogen-bond donors (Lipinski definition) is 1. The number of aromatic nitrogens is 2. The molecule has 1 N–H and O–H groups in total. The van der Waals surface area contributed by atoms with Crippen molar-refractivity contribution in [3.8, 4) is 0 Å². The van der Waals surface area contributed by atoms with Gasteiger partial charge in [-0.3, -0.25) is 0 Å². The largest absolute Gasteiger partial charge is 0.370 e. The van der Waals surface area contributed by atoms with Gasteiger partial charge in [-0.1, -0.05) is 35.0 Å². The molecule has 0 aliphatic carbocycles. The quantitative estimate of drug-likeness (QED) is 0.856. The van der Waals surface area contributed by atoms with E-state index < -0.39 is 0 Å². The van der Waals surface area contributed by atoms with Crippen LogP contribution in [0, 0.1) is 6.92 Å². The Morgan fingerprint density at radius 3 is 2.76 bits per heavy atom. The molecule has 0 bridgehead atoms. The number of anilines is 2. The summed E-state index contributed by atoms with van der Waals surface area (Å²) in [5.74, 6) is 2.61. The van der Waals surface area contributed by atoms with Crippen LogP contribution in [0.4, 0.5) is 11.6 Å². The molecule has 0 saturated heterocycles. The van der Waals surface area contributed by atoms with Crippen molar-refractivity contribution in [2.45, 2.75) is 26.8 Å². The van der Waals surface area contributed by atoms with E-state index >= 15 is 0 Å². The fourth-order valence-corrected chi connectivity index (χ4v) is 2.53. The fraction of sp³-hybridized carbons (Fsp3) is 0.375. The summed E-state index contributed by atoms with van der Waals surface area (Å²) < 4.78 is 1.09. The van der Waals surface area contributed by atoms with Gasteiger partial charge in [-0.25, -0.2) is 9.97 Å². The molecule has 1 aromatic carbocycles. The highest BCUT2D eigenvalue weighted by molar-refractivity contribution is 9.10. The molecular formula is C16H21BrN4. The Morgan fingerprint density at radius 1 is 1.24 bits per heavy atom. The molecule has 0 aliphatic heterocycles. The molecule has 112 valence electrons. The molecule has 0 spiro atoms. The average Bonchev–Trinajstić information content (AvgIpc) is 2.44. The van der Waals surface area contributed by atoms with Gasteiger partial charge in [0.25, 0.3) is 0 Å². The van der Waals surface area contributed by atoms with E-state index in [1.165, 1.54) is 5.56 Å². The molecule has 1 aromatic heterocycles. The van der Waals surface area contributed by atoms with E-state index in [0.29, 0.717) is 0 Å². The maximum Gasteiger partial charge on any atom is 0.134 e. The van der Waals surface area contributed by atoms with Crippen LogP contribution in [-0.2, 0) is 6.54 Å². The number of aryl methyl sites for hydroxylation is 1. The molecule has 2 aromatic rings. The second kappa shape index (κ2) is 7.41. The average molecular weight is 349 g/mol. The summed E-state index contributed by atoms with van der Waals surface area (Å²) in [5, 5.41) is 3.32. The predicted octanol–water partition coefficient (Wildman–Crippen LogP) is 4.01. The topological polar surface area (TPSA) is 41.0 Å². The van der Waals surface area contributed by atoms with Crippen molar-refractivity contribution in [2.24, 2.45) is 0 Å². The van der Waals surface area contributed by atoms with Crippen molar-refractivity contribution in [3.63, 3.8) is 0 Å². The fourth-order valence-electron chi connectivity index (χ4n) is 2.08. The standard InChI is InChI=1S/C16H21BrN4/c1-4-8-18-15-10-16(20-12(2)19-15)21(3)11-13-6-5-7-14(17)9-13/h5-7,9-10H,4,8,11H2,1-3H3,(H,18,19,20). The minimum atomic E-state index is 0.784. The molecule has 1 heterocycles. The van der Waals surface area contributed by atoms with Crippen molar-refractivity contribution in [1.82, 2.24) is 9.97 Å². The number of nitrogens with zero attached hydrogens (tertiary/aromatic N) is 3. The van der Waals surface area contributed by atoms with Crippen LogP contribution in [0.3, 0.4) is 0 Å². The molecule has 0 unspecified atom stereocenters. The van der Waals surface area contributed by atoms with E-state index in [4.69, 9.17) is 0 Å². The first-order valence-electron chi connectivity index (χ1n) is 7.13. The molecule has 0 saturated carbocycles. The van der Waals surface area contributed by atoms with Crippen molar-refractivity contribution < 1.29 is 0 Å². The van der Waals surface area contributed by atoms with E-state index in [2.05, 4.69) is 55.2 Å². The Morgan fingerprint density at radius 2 is 2.05 bits per heavy atom. The van der Waals surface area contributed by atoms with Crippen molar-refractivity contribution in [3.05, 3.63) is 46.2 Å². The van der Waals surface area contributed by atoms with Crippen LogP contribution in [0.15, 0.2) is 34.8 Å². The van der Waals surface area contributed by atoms with E-state index in [1.807, 2.05) is 32.2 Å². The maximum absolute atomic E-state index is 4.52. The van der Waals surface area contributed by atoms with Gasteiger partial charge in [0.15, 0.2) is 0 Å². The first-order chi connectivity index (χ1) is 10.1. The normalized spacial score (nSPS) is 10.5. The monoisotopic (exact) mass is 348 g/mol. The number of rotatable bonds is 6. The molecule has 0 fully saturated rings. The van der Waals surface area contributed by atoms with Gasteiger partial charge in [0, 0.05) is 30.7 Å². The highest BCUT2D eigenvalue weighted by Crippen LogP contribution is 2.18. The Kier molecular flexibility index (Phi) is 5.56. The summed E-state index contributed by atoms with van der Waals surface area (Å²) in [4.78, 5) is 11.1. The number of halogens is 1. The highest BCUT2D eigenvalue weighted by atomic mass is 79.9. The van der Waals surface area contributed by atoms with Crippen LogP contribution in [0.25, 0.3) is 0 Å². The molecular weight excluding hydrogens is 328 g/mol. The second-order valence-corrected chi connectivity index (χ2v) is 5.99. The lowest BCUT2D eigenvalue weighted by atomic mass is 10.2. The molecule has 0 amide bonds. The molecule has 4 nitrogen and oxygen atoms in total. The van der Waals surface area contributed by atoms with Gasteiger partial charge >= 0.3 is 0 Å². The Hall–Kier alpha value is -1.62. The molecule has 0 radical (unpaired) electrons. The van der Waals surface area contributed by atoms with Crippen LogP contribution >= 0.6 is 15.9 Å². The second-order valence-electron chi connectivity index (χ2n) is 5.07. The predicted molar refractivity (Wildman–Crippen MR) is 91.8 cm³/mol. The Labute approximate surface area is 134 Å². The van der Waals surface area contributed by atoms with E-state index in [0.717, 1.165) is 41.4 Å². The molecule has 5 heteroatoms. The lowest BCUT2D eigenvalue weighted by molar-refractivity contribution is 0.875. The summed E-state index contributed by atoms with van der Waals surface area (Å²) in [5.41, 5.74) is 1.24. The lowest BCUT2D eigenvalue weighted by Gasteiger charge is -2.19. The first-order valence-corrected chi connectivity index (χ1v) is 7.93. The zero-order chi connectivity index (χ0) is 15.2. The van der Waals surface area contributed by atoms with Gasteiger partial charge in [-0.15, -0.1) is 0 Å². The van der Waals surface area contributed by atoms with Gasteiger partial charge in [0.2, 0.25) is 0 Å². The zero-order valence-corrected chi connectivity index (χ0v) is 14.3. The summed E-state index contributed by atoms with van der Waals surface area (Å²) in [7, 11) is 2.05. The van der Waals surface area contributed by atoms with Crippen LogP contribution in [0.1, 0.15) is 24.7 Å². The summed E-state index contributed by atoms with van der Waals surface area (Å²) in [6.07, 6.45) is 1.08. The zero-order valence-electron chi connectivity index (χ0n) is 12.7. The minimum absolute atomic E-state index is 0.784. The smallest absolute Gasteiger partial charge is 0.134 e. The van der Waals surface area contributed by atoms with Gasteiger partial charge in [-0.2, -0.15) is 0 Å². The van der Waals surface area contributed by atoms with Crippen molar-refractivity contribution in [2.75, 3.05) is 23.8 Å². The van der Waals surface area contributed by atoms with E-state index in [-0.39, 0.29) is 0 Å². The van der Waals surface area contributed by atoms with Crippen LogP contribution < -0.4 is 10.2 Å². The third-order valence-corrected chi connectivity index (χ3v) is 3.57. The van der Waals surface area contributed by atoms with Crippen LogP contribution in [0.2, 0.25) is 0 Å². The summed E-state index contributed by atoms with van der Waals surface area (Å²) in [6, 6.07) is 10.3. The third-order valence-electron chi connectivity index (χ3n) is 3.08. The van der Waals surface area contributed by atoms with Crippen molar-refractivity contribution >= 4 is 27.6 Å². The van der Waals surface area contributed by atoms with Gasteiger partial charge in [-0.05, 0) is 31.0 Å². The number of nitrogens with one attached hydrogen (secondary N) is 1. The van der Waals surface area contributed by atoms with Crippen LogP contribution in [0.5, 0.6) is 0 Å². The maximum atomic E-state index is 4.52. The number of benzene rings is 1. The Balaban J connectivity index is 2.14. The van der Waals surface area contributed by atoms with Gasteiger partial charge in [0.1, 0.15) is 17.5 Å².